The number of benzene rings is 9. The van der Waals surface area contributed by atoms with E-state index in [9.17, 15) is 0 Å². The van der Waals surface area contributed by atoms with Crippen LogP contribution in [0.1, 0.15) is 0 Å². The average molecular weight is 728 g/mol. The van der Waals surface area contributed by atoms with Crippen LogP contribution < -0.4 is 0 Å². The zero-order chi connectivity index (χ0) is 37.7. The number of rotatable bonds is 6. The van der Waals surface area contributed by atoms with Crippen molar-refractivity contribution in [2.24, 2.45) is 0 Å². The first-order valence-electron chi connectivity index (χ1n) is 19.2. The third kappa shape index (κ3) is 5.83. The molecule has 0 atom stereocenters. The van der Waals surface area contributed by atoms with E-state index in [1.807, 2.05) is 66.7 Å². The number of nitrogens with zero attached hydrogens (tertiary/aromatic N) is 3. The first-order valence-corrected chi connectivity index (χ1v) is 19.2. The molecule has 9 aromatic carbocycles. The highest BCUT2D eigenvalue weighted by molar-refractivity contribution is 6.17. The summed E-state index contributed by atoms with van der Waals surface area (Å²) in [5, 5.41) is 6.99. The van der Waals surface area contributed by atoms with Crippen LogP contribution >= 0.6 is 0 Å². The van der Waals surface area contributed by atoms with Crippen LogP contribution in [0.25, 0.3) is 111 Å². The Kier molecular flexibility index (Phi) is 7.78. The summed E-state index contributed by atoms with van der Waals surface area (Å²) >= 11 is 0. The smallest absolute Gasteiger partial charge is 0.164 e. The van der Waals surface area contributed by atoms with Gasteiger partial charge in [-0.1, -0.05) is 170 Å². The third-order valence-corrected chi connectivity index (χ3v) is 10.9. The van der Waals surface area contributed by atoms with Gasteiger partial charge in [0.2, 0.25) is 0 Å². The molecule has 0 saturated carbocycles. The first-order chi connectivity index (χ1) is 28.2. The molecule has 0 amide bonds. The van der Waals surface area contributed by atoms with Crippen LogP contribution in [0, 0.1) is 0 Å². The van der Waals surface area contributed by atoms with E-state index < -0.39 is 0 Å². The number of fused-ring (bicyclic) bond motifs is 5. The summed E-state index contributed by atoms with van der Waals surface area (Å²) in [6.45, 7) is 0. The fraction of sp³-hybridized carbons (Fsp3) is 0. The summed E-state index contributed by atoms with van der Waals surface area (Å²) in [5.74, 6) is 1.91. The Morgan fingerprint density at radius 1 is 0.281 bits per heavy atom. The monoisotopic (exact) mass is 727 g/mol. The second-order valence-electron chi connectivity index (χ2n) is 14.4. The van der Waals surface area contributed by atoms with Crippen LogP contribution in [-0.2, 0) is 0 Å². The number of furan rings is 1. The molecule has 0 aliphatic carbocycles. The third-order valence-electron chi connectivity index (χ3n) is 10.9. The molecule has 4 heteroatoms. The second-order valence-corrected chi connectivity index (χ2v) is 14.4. The van der Waals surface area contributed by atoms with Crippen LogP contribution in [0.5, 0.6) is 0 Å². The molecule has 57 heavy (non-hydrogen) atoms. The van der Waals surface area contributed by atoms with Gasteiger partial charge in [-0.3, -0.25) is 0 Å². The van der Waals surface area contributed by atoms with Gasteiger partial charge in [-0.05, 0) is 85.3 Å². The Morgan fingerprint density at radius 3 is 1.58 bits per heavy atom. The van der Waals surface area contributed by atoms with Crippen molar-refractivity contribution in [2.75, 3.05) is 0 Å². The second kappa shape index (κ2) is 13.6. The highest BCUT2D eigenvalue weighted by atomic mass is 16.3. The Hall–Kier alpha value is -7.69. The molecule has 0 radical (unpaired) electrons. The quantitative estimate of drug-likeness (QED) is 0.171. The molecule has 0 aliphatic heterocycles. The lowest BCUT2D eigenvalue weighted by atomic mass is 9.88. The highest BCUT2D eigenvalue weighted by Crippen LogP contribution is 2.44. The summed E-state index contributed by atoms with van der Waals surface area (Å²) in [6, 6.07) is 70.1. The van der Waals surface area contributed by atoms with Crippen LogP contribution in [0.2, 0.25) is 0 Å². The lowest BCUT2D eigenvalue weighted by molar-refractivity contribution is 0.669. The summed E-state index contributed by atoms with van der Waals surface area (Å²) in [7, 11) is 0. The predicted molar refractivity (Wildman–Crippen MR) is 235 cm³/mol. The van der Waals surface area contributed by atoms with E-state index in [-0.39, 0.29) is 0 Å². The van der Waals surface area contributed by atoms with E-state index in [4.69, 9.17) is 19.4 Å². The summed E-state index contributed by atoms with van der Waals surface area (Å²) in [5.41, 5.74) is 11.4. The summed E-state index contributed by atoms with van der Waals surface area (Å²) in [4.78, 5) is 14.9. The van der Waals surface area contributed by atoms with Crippen molar-refractivity contribution in [3.63, 3.8) is 0 Å². The van der Waals surface area contributed by atoms with Gasteiger partial charge in [-0.15, -0.1) is 0 Å². The van der Waals surface area contributed by atoms with Crippen molar-refractivity contribution in [3.8, 4) is 67.5 Å². The zero-order valence-electron chi connectivity index (χ0n) is 30.8. The van der Waals surface area contributed by atoms with E-state index in [1.54, 1.807) is 0 Å². The van der Waals surface area contributed by atoms with Crippen LogP contribution in [0.15, 0.2) is 205 Å². The minimum absolute atomic E-state index is 0.630. The van der Waals surface area contributed by atoms with Gasteiger partial charge in [0.05, 0.1) is 0 Å². The lowest BCUT2D eigenvalue weighted by Crippen LogP contribution is -2.00. The molecule has 0 bridgehead atoms. The van der Waals surface area contributed by atoms with Gasteiger partial charge in [0.15, 0.2) is 17.5 Å². The van der Waals surface area contributed by atoms with Gasteiger partial charge < -0.3 is 4.42 Å². The number of para-hydroxylation sites is 1. The fourth-order valence-electron chi connectivity index (χ4n) is 8.15. The number of aromatic nitrogens is 3. The molecule has 0 fully saturated rings. The minimum atomic E-state index is 0.630. The zero-order valence-corrected chi connectivity index (χ0v) is 30.8. The molecule has 2 aromatic heterocycles. The first kappa shape index (κ1) is 32.7. The van der Waals surface area contributed by atoms with Crippen molar-refractivity contribution < 1.29 is 4.42 Å². The molecule has 0 unspecified atom stereocenters. The van der Waals surface area contributed by atoms with Gasteiger partial charge in [-0.25, -0.2) is 15.0 Å². The van der Waals surface area contributed by atoms with Crippen LogP contribution in [0.3, 0.4) is 0 Å². The standard InChI is InChI=1S/C53H33N3O/c1-3-15-35(16-4-1)51-54-52(36-17-5-2-6-18-36)56-53(55-51)40-21-13-20-39(31-40)42-28-29-45(44-23-10-9-22-43(42)44)47-32-41(38-27-26-34-14-7-8-19-37(34)30-38)33-49-50(47)46-24-11-12-25-48(46)57-49/h1-33H. The number of hydrogen-bond donors (Lipinski definition) is 0. The van der Waals surface area contributed by atoms with Gasteiger partial charge in [0.25, 0.3) is 0 Å². The van der Waals surface area contributed by atoms with E-state index in [0.29, 0.717) is 17.5 Å². The molecule has 0 spiro atoms. The maximum absolute atomic E-state index is 6.58. The highest BCUT2D eigenvalue weighted by Gasteiger charge is 2.19. The molecule has 0 N–H and O–H groups in total. The van der Waals surface area contributed by atoms with Gasteiger partial charge >= 0.3 is 0 Å². The molecular weight excluding hydrogens is 695 g/mol. The minimum Gasteiger partial charge on any atom is -0.456 e. The normalized spacial score (nSPS) is 11.5. The Morgan fingerprint density at radius 2 is 0.842 bits per heavy atom. The molecule has 11 aromatic rings. The average Bonchev–Trinajstić information content (AvgIpc) is 3.67. The predicted octanol–water partition coefficient (Wildman–Crippen LogP) is 14.1. The molecule has 0 saturated heterocycles. The summed E-state index contributed by atoms with van der Waals surface area (Å²) < 4.78 is 6.58. The van der Waals surface area contributed by atoms with Crippen LogP contribution in [0.4, 0.5) is 0 Å². The maximum atomic E-state index is 6.58. The molecule has 2 heterocycles. The van der Waals surface area contributed by atoms with Gasteiger partial charge in [0.1, 0.15) is 11.2 Å². The molecular formula is C53H33N3O. The largest absolute Gasteiger partial charge is 0.456 e. The maximum Gasteiger partial charge on any atom is 0.164 e. The van der Waals surface area contributed by atoms with E-state index >= 15 is 0 Å². The fourth-order valence-corrected chi connectivity index (χ4v) is 8.15. The lowest BCUT2D eigenvalue weighted by Gasteiger charge is -2.15. The van der Waals surface area contributed by atoms with E-state index in [1.165, 1.54) is 16.2 Å². The topological polar surface area (TPSA) is 51.8 Å². The summed E-state index contributed by atoms with van der Waals surface area (Å²) in [6.07, 6.45) is 0. The van der Waals surface area contributed by atoms with Crippen LogP contribution in [-0.4, -0.2) is 15.0 Å². The Bertz CT molecular complexity index is 3240. The molecule has 4 nitrogen and oxygen atoms in total. The Labute approximate surface area is 329 Å². The van der Waals surface area contributed by atoms with E-state index in [2.05, 4.69) is 133 Å². The van der Waals surface area contributed by atoms with Crippen molar-refractivity contribution in [1.29, 1.82) is 0 Å². The van der Waals surface area contributed by atoms with Crippen molar-refractivity contribution >= 4 is 43.5 Å². The number of hydrogen-bond acceptors (Lipinski definition) is 4. The van der Waals surface area contributed by atoms with Gasteiger partial charge in [0, 0.05) is 27.5 Å². The molecule has 0 aliphatic rings. The van der Waals surface area contributed by atoms with Crippen molar-refractivity contribution in [1.82, 2.24) is 15.0 Å². The van der Waals surface area contributed by atoms with Gasteiger partial charge in [-0.2, -0.15) is 0 Å². The molecule has 266 valence electrons. The van der Waals surface area contributed by atoms with Crippen molar-refractivity contribution in [2.45, 2.75) is 0 Å². The Balaban J connectivity index is 1.08. The van der Waals surface area contributed by atoms with E-state index in [0.717, 1.165) is 77.4 Å². The SMILES string of the molecule is c1ccc(-c2nc(-c3ccccc3)nc(-c3cccc(-c4ccc(-c5cc(-c6ccc7ccccc7c6)cc6oc7ccccc7c56)c5ccccc45)c3)n2)cc1. The van der Waals surface area contributed by atoms with Crippen molar-refractivity contribution in [3.05, 3.63) is 200 Å². The molecule has 11 rings (SSSR count).